The fraction of sp³-hybridized carbons (Fsp3) is 0.412. The van der Waals surface area contributed by atoms with Crippen LogP contribution in [0.3, 0.4) is 0 Å². The molecule has 3 rings (SSSR count). The maximum Gasteiger partial charge on any atom is 0.255 e. The predicted octanol–water partition coefficient (Wildman–Crippen LogP) is 3.41. The van der Waals surface area contributed by atoms with Crippen molar-refractivity contribution in [1.29, 1.82) is 0 Å². The van der Waals surface area contributed by atoms with E-state index >= 15 is 0 Å². The lowest BCUT2D eigenvalue weighted by Gasteiger charge is -2.22. The Kier molecular flexibility index (Phi) is 4.82. The van der Waals surface area contributed by atoms with Gasteiger partial charge in [-0.2, -0.15) is 11.3 Å². The molecule has 1 saturated heterocycles. The molecular weight excluding hydrogens is 328 g/mol. The highest BCUT2D eigenvalue weighted by Gasteiger charge is 2.25. The van der Waals surface area contributed by atoms with Gasteiger partial charge in [-0.05, 0) is 37.8 Å². The number of hydrogen-bond acceptors (Lipinski definition) is 4. The van der Waals surface area contributed by atoms with Crippen LogP contribution in [0.15, 0.2) is 22.9 Å². The van der Waals surface area contributed by atoms with Crippen LogP contribution in [0.2, 0.25) is 0 Å². The van der Waals surface area contributed by atoms with Crippen molar-refractivity contribution in [2.45, 2.75) is 20.3 Å². The molecule has 0 spiro atoms. The lowest BCUT2D eigenvalue weighted by Crippen LogP contribution is -2.37. The second kappa shape index (κ2) is 6.84. The molecule has 1 aliphatic heterocycles. The molecule has 2 aromatic rings. The third-order valence-corrected chi connectivity index (χ3v) is 5.76. The Labute approximate surface area is 144 Å². The van der Waals surface area contributed by atoms with Crippen molar-refractivity contribution in [2.24, 2.45) is 0 Å². The molecule has 0 aliphatic carbocycles. The largest absolute Gasteiger partial charge is 0.337 e. The Morgan fingerprint density at radius 1 is 1.04 bits per heavy atom. The zero-order chi connectivity index (χ0) is 16.4. The molecule has 0 unspecified atom stereocenters. The van der Waals surface area contributed by atoms with Crippen LogP contribution in [0.25, 0.3) is 0 Å². The first-order valence-electron chi connectivity index (χ1n) is 7.74. The van der Waals surface area contributed by atoms with Gasteiger partial charge in [0, 0.05) is 41.3 Å². The van der Waals surface area contributed by atoms with Crippen LogP contribution >= 0.6 is 22.7 Å². The van der Waals surface area contributed by atoms with Gasteiger partial charge in [0.1, 0.15) is 0 Å². The van der Waals surface area contributed by atoms with E-state index in [1.165, 1.54) is 11.3 Å². The molecule has 2 aromatic heterocycles. The number of thiophene rings is 2. The topological polar surface area (TPSA) is 40.6 Å². The zero-order valence-corrected chi connectivity index (χ0v) is 15.0. The quantitative estimate of drug-likeness (QED) is 0.834. The molecule has 23 heavy (non-hydrogen) atoms. The summed E-state index contributed by atoms with van der Waals surface area (Å²) < 4.78 is 0. The first-order chi connectivity index (χ1) is 11.1. The van der Waals surface area contributed by atoms with Crippen molar-refractivity contribution in [2.75, 3.05) is 26.2 Å². The average Bonchev–Trinajstić information content (AvgIpc) is 3.09. The maximum atomic E-state index is 12.7. The molecule has 6 heteroatoms. The Morgan fingerprint density at radius 3 is 2.30 bits per heavy atom. The van der Waals surface area contributed by atoms with Crippen LogP contribution < -0.4 is 0 Å². The zero-order valence-electron chi connectivity index (χ0n) is 13.4. The van der Waals surface area contributed by atoms with E-state index in [4.69, 9.17) is 0 Å². The van der Waals surface area contributed by atoms with E-state index in [1.807, 2.05) is 46.5 Å². The summed E-state index contributed by atoms with van der Waals surface area (Å²) in [5, 5.41) is 3.80. The summed E-state index contributed by atoms with van der Waals surface area (Å²) >= 11 is 3.19. The van der Waals surface area contributed by atoms with Crippen LogP contribution in [-0.2, 0) is 0 Å². The minimum atomic E-state index is 0.0723. The van der Waals surface area contributed by atoms with Crippen LogP contribution in [-0.4, -0.2) is 47.8 Å². The smallest absolute Gasteiger partial charge is 0.255 e. The third-order valence-electron chi connectivity index (χ3n) is 4.11. The summed E-state index contributed by atoms with van der Waals surface area (Å²) in [6.07, 6.45) is 0.823. The van der Waals surface area contributed by atoms with Gasteiger partial charge in [0.05, 0.1) is 11.1 Å². The summed E-state index contributed by atoms with van der Waals surface area (Å²) in [4.78, 5) is 31.2. The molecule has 4 nitrogen and oxygen atoms in total. The minimum Gasteiger partial charge on any atom is -0.337 e. The van der Waals surface area contributed by atoms with E-state index in [0.717, 1.165) is 27.3 Å². The normalized spacial score (nSPS) is 15.6. The standard InChI is InChI=1S/C17H20N2O2S2/c1-12-10-15(13(2)23-12)17(21)19-6-3-5-18(7-8-19)16(20)14-4-9-22-11-14/h4,9-11H,3,5-8H2,1-2H3. The molecule has 3 heterocycles. The number of amides is 2. The molecule has 1 aliphatic rings. The minimum absolute atomic E-state index is 0.0723. The van der Waals surface area contributed by atoms with Crippen molar-refractivity contribution in [1.82, 2.24) is 9.80 Å². The highest BCUT2D eigenvalue weighted by Crippen LogP contribution is 2.23. The van der Waals surface area contributed by atoms with E-state index in [9.17, 15) is 9.59 Å². The first kappa shape index (κ1) is 16.2. The van der Waals surface area contributed by atoms with Crippen molar-refractivity contribution in [3.8, 4) is 0 Å². The summed E-state index contributed by atoms with van der Waals surface area (Å²) in [5.41, 5.74) is 1.56. The number of aryl methyl sites for hydroxylation is 2. The first-order valence-corrected chi connectivity index (χ1v) is 9.50. The highest BCUT2D eigenvalue weighted by molar-refractivity contribution is 7.12. The number of carbonyl (C=O) groups excluding carboxylic acids is 2. The number of nitrogens with zero attached hydrogens (tertiary/aromatic N) is 2. The molecule has 0 aromatic carbocycles. The number of carbonyl (C=O) groups is 2. The number of rotatable bonds is 2. The van der Waals surface area contributed by atoms with Gasteiger partial charge in [-0.1, -0.05) is 0 Å². The van der Waals surface area contributed by atoms with Crippen LogP contribution in [0.4, 0.5) is 0 Å². The molecule has 0 atom stereocenters. The number of hydrogen-bond donors (Lipinski definition) is 0. The SMILES string of the molecule is Cc1cc(C(=O)N2CCCN(C(=O)c3ccsc3)CC2)c(C)s1. The van der Waals surface area contributed by atoms with E-state index in [-0.39, 0.29) is 11.8 Å². The van der Waals surface area contributed by atoms with Crippen molar-refractivity contribution in [3.05, 3.63) is 43.8 Å². The van der Waals surface area contributed by atoms with E-state index in [1.54, 1.807) is 11.3 Å². The monoisotopic (exact) mass is 348 g/mol. The van der Waals surface area contributed by atoms with E-state index in [0.29, 0.717) is 26.2 Å². The Balaban J connectivity index is 1.68. The van der Waals surface area contributed by atoms with Gasteiger partial charge < -0.3 is 9.80 Å². The Bertz CT molecular complexity index is 706. The van der Waals surface area contributed by atoms with Crippen LogP contribution in [0, 0.1) is 13.8 Å². The van der Waals surface area contributed by atoms with E-state index in [2.05, 4.69) is 0 Å². The predicted molar refractivity (Wildman–Crippen MR) is 94.5 cm³/mol. The van der Waals surface area contributed by atoms with Crippen LogP contribution in [0.1, 0.15) is 36.9 Å². The molecule has 0 bridgehead atoms. The lowest BCUT2D eigenvalue weighted by molar-refractivity contribution is 0.0719. The molecule has 0 saturated carbocycles. The second-order valence-corrected chi connectivity index (χ2v) is 8.02. The van der Waals surface area contributed by atoms with E-state index < -0.39 is 0 Å². The van der Waals surface area contributed by atoms with Crippen molar-refractivity contribution >= 4 is 34.5 Å². The second-order valence-electron chi connectivity index (χ2n) is 5.78. The summed E-state index contributed by atoms with van der Waals surface area (Å²) in [7, 11) is 0. The van der Waals surface area contributed by atoms with Gasteiger partial charge in [-0.25, -0.2) is 0 Å². The van der Waals surface area contributed by atoms with Crippen LogP contribution in [0.5, 0.6) is 0 Å². The highest BCUT2D eigenvalue weighted by atomic mass is 32.1. The van der Waals surface area contributed by atoms with Crippen molar-refractivity contribution < 1.29 is 9.59 Å². The fourth-order valence-corrected chi connectivity index (χ4v) is 4.45. The average molecular weight is 348 g/mol. The molecule has 1 fully saturated rings. The van der Waals surface area contributed by atoms with Gasteiger partial charge in [-0.3, -0.25) is 9.59 Å². The Hall–Kier alpha value is -1.66. The molecule has 0 N–H and O–H groups in total. The van der Waals surface area contributed by atoms with Gasteiger partial charge >= 0.3 is 0 Å². The maximum absolute atomic E-state index is 12.7. The molecule has 0 radical (unpaired) electrons. The van der Waals surface area contributed by atoms with Gasteiger partial charge in [0.15, 0.2) is 0 Å². The fourth-order valence-electron chi connectivity index (χ4n) is 2.91. The van der Waals surface area contributed by atoms with Gasteiger partial charge in [0.2, 0.25) is 0 Å². The van der Waals surface area contributed by atoms with Gasteiger partial charge in [-0.15, -0.1) is 11.3 Å². The lowest BCUT2D eigenvalue weighted by atomic mass is 10.2. The summed E-state index contributed by atoms with van der Waals surface area (Å²) in [5.74, 6) is 0.166. The molecule has 122 valence electrons. The third kappa shape index (κ3) is 3.48. The summed E-state index contributed by atoms with van der Waals surface area (Å²) in [6, 6.07) is 3.83. The Morgan fingerprint density at radius 2 is 1.74 bits per heavy atom. The molecular formula is C17H20N2O2S2. The summed E-state index contributed by atoms with van der Waals surface area (Å²) in [6.45, 7) is 6.64. The van der Waals surface area contributed by atoms with Crippen molar-refractivity contribution in [3.63, 3.8) is 0 Å². The molecule has 2 amide bonds. The van der Waals surface area contributed by atoms with Gasteiger partial charge in [0.25, 0.3) is 11.8 Å².